The van der Waals surface area contributed by atoms with E-state index in [9.17, 15) is 19.2 Å². The number of carbonyl (C=O) groups excluding carboxylic acids is 5. The molecule has 0 atom stereocenters. The number of methoxy groups -OCH3 is 2. The molecular formula is C45H43ClK2N4O9. The van der Waals surface area contributed by atoms with Crippen molar-refractivity contribution in [2.24, 2.45) is 0 Å². The Balaban J connectivity index is 0.000000327. The zero-order chi connectivity index (χ0) is 42.8. The van der Waals surface area contributed by atoms with E-state index in [1.165, 1.54) is 0 Å². The smallest absolute Gasteiger partial charge is 1.00 e. The summed E-state index contributed by atoms with van der Waals surface area (Å²) in [6.45, 7) is 8.35. The number of nitrogens with one attached hydrogen (secondary N) is 1. The summed E-state index contributed by atoms with van der Waals surface area (Å²) in [5.41, 5.74) is 6.37. The van der Waals surface area contributed by atoms with Crippen molar-refractivity contribution in [1.29, 1.82) is 0 Å². The third kappa shape index (κ3) is 12.2. The van der Waals surface area contributed by atoms with Crippen LogP contribution in [-0.2, 0) is 22.1 Å². The van der Waals surface area contributed by atoms with E-state index in [0.29, 0.717) is 46.3 Å². The molecule has 4 aromatic carbocycles. The number of alkyl halides is 1. The molecular weight excluding hydrogens is 854 g/mol. The van der Waals surface area contributed by atoms with Gasteiger partial charge in [0.1, 0.15) is 45.9 Å². The average Bonchev–Trinajstić information content (AvgIpc) is 3.90. The van der Waals surface area contributed by atoms with Crippen LogP contribution in [0, 0.1) is 0 Å². The van der Waals surface area contributed by atoms with Gasteiger partial charge >= 0.3 is 103 Å². The van der Waals surface area contributed by atoms with Gasteiger partial charge in [0, 0.05) is 46.5 Å². The molecule has 306 valence electrons. The van der Waals surface area contributed by atoms with E-state index in [1.54, 1.807) is 38.5 Å². The molecule has 0 amide bonds. The number of rotatable bonds is 8. The second-order valence-electron chi connectivity index (χ2n) is 13.8. The number of ether oxygens (including phenoxy) is 2. The van der Waals surface area contributed by atoms with Crippen LogP contribution in [0.3, 0.4) is 0 Å². The first-order valence-corrected chi connectivity index (χ1v) is 19.0. The number of carbonyl (C=O) groups is 5. The van der Waals surface area contributed by atoms with Gasteiger partial charge in [0.25, 0.3) is 18.0 Å². The minimum atomic E-state index is -0.497. The van der Waals surface area contributed by atoms with Crippen LogP contribution in [0.5, 0.6) is 11.5 Å². The first kappa shape index (κ1) is 51.9. The number of aromatic amines is 1. The van der Waals surface area contributed by atoms with E-state index in [1.807, 2.05) is 105 Å². The first-order chi connectivity index (χ1) is 28.4. The van der Waals surface area contributed by atoms with E-state index < -0.39 is 23.1 Å². The molecule has 0 fully saturated rings. The molecule has 6 aromatic rings. The molecule has 13 nitrogen and oxygen atoms in total. The summed E-state index contributed by atoms with van der Waals surface area (Å²) in [4.78, 5) is 72.9. The van der Waals surface area contributed by atoms with Crippen LogP contribution in [0.2, 0.25) is 0 Å². The number of hydrogen-bond acceptors (Lipinski definition) is 11. The summed E-state index contributed by atoms with van der Waals surface area (Å²) >= 11 is 5.58. The predicted molar refractivity (Wildman–Crippen MR) is 220 cm³/mol. The number of ketones is 4. The Labute approximate surface area is 445 Å². The van der Waals surface area contributed by atoms with Gasteiger partial charge in [-0.15, -0.1) is 11.6 Å². The second-order valence-corrected chi connectivity index (χ2v) is 14.1. The fourth-order valence-electron chi connectivity index (χ4n) is 6.38. The molecule has 2 aliphatic rings. The number of hydrogen-bond donors (Lipinski definition) is 1. The zero-order valence-electron chi connectivity index (χ0n) is 36.3. The second kappa shape index (κ2) is 24.4. The molecule has 0 spiro atoms. The normalized spacial score (nSPS) is 11.6. The molecule has 61 heavy (non-hydrogen) atoms. The fraction of sp³-hybridized carbons (Fsp3) is 0.222. The zero-order valence-corrected chi connectivity index (χ0v) is 42.3. The third-order valence-corrected chi connectivity index (χ3v) is 9.65. The predicted octanol–water partition coefficient (Wildman–Crippen LogP) is 1.68. The van der Waals surface area contributed by atoms with Crippen molar-refractivity contribution in [3.8, 4) is 34.0 Å². The molecule has 1 N–H and O–H groups in total. The maximum Gasteiger partial charge on any atom is 1.00 e. The molecule has 0 radical (unpaired) electrons. The van der Waals surface area contributed by atoms with Gasteiger partial charge in [-0.1, -0.05) is 100 Å². The molecule has 0 aliphatic heterocycles. The maximum atomic E-state index is 12.9. The number of H-pyrrole nitrogens is 1. The van der Waals surface area contributed by atoms with E-state index in [0.717, 1.165) is 45.4 Å². The van der Waals surface area contributed by atoms with Gasteiger partial charge in [0.2, 0.25) is 11.6 Å². The van der Waals surface area contributed by atoms with Gasteiger partial charge < -0.3 is 30.6 Å². The van der Waals surface area contributed by atoms with Gasteiger partial charge in [-0.25, -0.2) is 9.97 Å². The Morgan fingerprint density at radius 2 is 1.13 bits per heavy atom. The number of nitrogens with zero attached hydrogens (tertiary/aromatic N) is 3. The van der Waals surface area contributed by atoms with Crippen molar-refractivity contribution in [1.82, 2.24) is 19.5 Å². The number of aromatic nitrogens is 4. The Hall–Kier alpha value is -3.43. The number of benzene rings is 4. The summed E-state index contributed by atoms with van der Waals surface area (Å²) in [5, 5.41) is 8.43. The maximum absolute atomic E-state index is 12.9. The summed E-state index contributed by atoms with van der Waals surface area (Å²) in [6, 6.07) is 29.7. The SMILES string of the molecule is CC(C)c1nc2c([nH]1)C(=O)C(=O)c1ccccc1-2.COc1ccc(CCl)cc1.COc1ccc(Cn2c(C(C)C)nc3c2C(=O)C(=O)c2ccccc2-3)cc1.O=CO[O-].[H-].[K+].[K+]. The average molecular weight is 898 g/mol. The van der Waals surface area contributed by atoms with E-state index in [4.69, 9.17) is 36.1 Å². The van der Waals surface area contributed by atoms with Crippen LogP contribution < -0.4 is 118 Å². The Bertz CT molecular complexity index is 2470. The molecule has 0 saturated heterocycles. The van der Waals surface area contributed by atoms with Crippen LogP contribution in [0.1, 0.15) is 105 Å². The third-order valence-electron chi connectivity index (χ3n) is 9.34. The van der Waals surface area contributed by atoms with E-state index in [2.05, 4.69) is 14.9 Å². The van der Waals surface area contributed by atoms with Gasteiger partial charge in [-0.05, 0) is 35.4 Å². The number of fused-ring (bicyclic) bond motifs is 6. The number of Topliss-reactive ketones (excluding diaryl/α,β-unsaturated/α-hetero) is 4. The molecule has 16 heteroatoms. The molecule has 2 heterocycles. The Morgan fingerprint density at radius 1 is 0.672 bits per heavy atom. The van der Waals surface area contributed by atoms with Gasteiger partial charge in [-0.3, -0.25) is 24.0 Å². The molecule has 2 aliphatic carbocycles. The van der Waals surface area contributed by atoms with Crippen LogP contribution >= 0.6 is 11.6 Å². The van der Waals surface area contributed by atoms with Crippen LogP contribution in [0.15, 0.2) is 97.1 Å². The van der Waals surface area contributed by atoms with Gasteiger partial charge in [-0.2, -0.15) is 0 Å². The topological polar surface area (TPSA) is 183 Å². The van der Waals surface area contributed by atoms with Crippen molar-refractivity contribution < 1.29 is 148 Å². The summed E-state index contributed by atoms with van der Waals surface area (Å²) in [7, 11) is 3.27. The molecule has 0 unspecified atom stereocenters. The Kier molecular flexibility index (Phi) is 20.8. The van der Waals surface area contributed by atoms with Crippen LogP contribution in [0.25, 0.3) is 22.5 Å². The molecule has 0 saturated carbocycles. The molecule has 0 bridgehead atoms. The standard InChI is InChI=1S/C22H20N2O3.C14H12N2O2.C8H9ClO.CH2O3.2K.H/c1-13(2)22-23-18-16-6-4-5-7-17(16)20(25)21(26)19(18)24(22)12-14-8-10-15(27-3)11-9-14;1-7(2)14-15-10-8-5-3-4-6-9(8)12(17)13(18)11(10)16-14;1-10-8-4-2-7(6-9)3-5-8;2-1-4-3;;;/h4-11,13H,12H2,1-3H3;3-7H,1-2H3,(H,15,16);2-5H,6H2,1H3;1,3H;;;/q;;;;2*+1;-1/p-1. The summed E-state index contributed by atoms with van der Waals surface area (Å²) < 4.78 is 12.1. The van der Waals surface area contributed by atoms with Crippen molar-refractivity contribution in [2.75, 3.05) is 14.2 Å². The van der Waals surface area contributed by atoms with Gasteiger partial charge in [0.05, 0.1) is 14.2 Å². The van der Waals surface area contributed by atoms with Crippen molar-refractivity contribution >= 4 is 41.2 Å². The van der Waals surface area contributed by atoms with Crippen LogP contribution in [0.4, 0.5) is 0 Å². The Morgan fingerprint density at radius 3 is 1.57 bits per heavy atom. The summed E-state index contributed by atoms with van der Waals surface area (Å²) in [6.07, 6.45) is 0. The van der Waals surface area contributed by atoms with E-state index in [-0.39, 0.29) is 123 Å². The van der Waals surface area contributed by atoms with Crippen molar-refractivity contribution in [3.05, 3.63) is 142 Å². The first-order valence-electron chi connectivity index (χ1n) is 18.5. The monoisotopic (exact) mass is 896 g/mol. The number of imidazole rings is 2. The van der Waals surface area contributed by atoms with Gasteiger partial charge in [0.15, 0.2) is 0 Å². The fourth-order valence-corrected chi connectivity index (χ4v) is 6.56. The van der Waals surface area contributed by atoms with E-state index >= 15 is 0 Å². The van der Waals surface area contributed by atoms with Crippen LogP contribution in [-0.4, -0.2) is 63.3 Å². The minimum Gasteiger partial charge on any atom is -1.00 e. The largest absolute Gasteiger partial charge is 1.00 e. The molecule has 8 rings (SSSR count). The minimum absolute atomic E-state index is 0. The van der Waals surface area contributed by atoms with Crippen molar-refractivity contribution in [3.63, 3.8) is 0 Å². The number of halogens is 1. The summed E-state index contributed by atoms with van der Waals surface area (Å²) in [5.74, 6) is 2.12. The van der Waals surface area contributed by atoms with Crippen molar-refractivity contribution in [2.45, 2.75) is 52.0 Å². The molecule has 2 aromatic heterocycles. The quantitative estimate of drug-likeness (QED) is 0.0587.